The lowest BCUT2D eigenvalue weighted by atomic mass is 10.1. The summed E-state index contributed by atoms with van der Waals surface area (Å²) in [7, 11) is 1.62. The number of nitrogens with one attached hydrogen (secondary N) is 1. The quantitative estimate of drug-likeness (QED) is 0.779. The van der Waals surface area contributed by atoms with E-state index < -0.39 is 0 Å². The van der Waals surface area contributed by atoms with Gasteiger partial charge in [0.2, 0.25) is 0 Å². The van der Waals surface area contributed by atoms with Gasteiger partial charge in [-0.25, -0.2) is 0 Å². The Morgan fingerprint density at radius 2 is 2.41 bits per heavy atom. The van der Waals surface area contributed by atoms with Crippen LogP contribution in [0.1, 0.15) is 30.1 Å². The third-order valence-corrected chi connectivity index (χ3v) is 2.44. The minimum absolute atomic E-state index is 0.0112. The number of rotatable bonds is 6. The maximum absolute atomic E-state index is 11.9. The molecule has 17 heavy (non-hydrogen) atoms. The lowest BCUT2D eigenvalue weighted by Gasteiger charge is -2.17. The van der Waals surface area contributed by atoms with Gasteiger partial charge < -0.3 is 15.8 Å². The van der Waals surface area contributed by atoms with Crippen LogP contribution in [0, 0.1) is 0 Å². The van der Waals surface area contributed by atoms with Crippen molar-refractivity contribution < 1.29 is 9.53 Å². The molecule has 1 unspecified atom stereocenters. The largest absolute Gasteiger partial charge is 0.398 e. The predicted octanol–water partition coefficient (Wildman–Crippen LogP) is 1.21. The Morgan fingerprint density at radius 1 is 1.65 bits per heavy atom. The van der Waals surface area contributed by atoms with Crippen LogP contribution in [0.3, 0.4) is 0 Å². The second-order valence-electron chi connectivity index (χ2n) is 3.88. The summed E-state index contributed by atoms with van der Waals surface area (Å²) in [5.41, 5.74) is 6.56. The predicted molar refractivity (Wildman–Crippen MR) is 66.7 cm³/mol. The number of ether oxygens (including phenoxy) is 1. The van der Waals surface area contributed by atoms with Crippen molar-refractivity contribution in [3.63, 3.8) is 0 Å². The Bertz CT molecular complexity index is 363. The van der Waals surface area contributed by atoms with Crippen molar-refractivity contribution in [3.05, 3.63) is 24.0 Å². The fourth-order valence-corrected chi connectivity index (χ4v) is 1.60. The highest BCUT2D eigenvalue weighted by molar-refractivity contribution is 5.98. The number of carbonyl (C=O) groups is 1. The minimum atomic E-state index is -0.203. The van der Waals surface area contributed by atoms with E-state index in [1.807, 2.05) is 0 Å². The average Bonchev–Trinajstić information content (AvgIpc) is 2.30. The second-order valence-corrected chi connectivity index (χ2v) is 3.88. The van der Waals surface area contributed by atoms with E-state index >= 15 is 0 Å². The molecule has 94 valence electrons. The van der Waals surface area contributed by atoms with E-state index in [4.69, 9.17) is 10.5 Å². The highest BCUT2D eigenvalue weighted by Gasteiger charge is 2.14. The number of nitrogen functional groups attached to an aromatic ring is 1. The third-order valence-electron chi connectivity index (χ3n) is 2.44. The van der Waals surface area contributed by atoms with Crippen molar-refractivity contribution in [2.45, 2.75) is 25.8 Å². The molecule has 0 aliphatic heterocycles. The van der Waals surface area contributed by atoms with Gasteiger partial charge >= 0.3 is 0 Å². The average molecular weight is 237 g/mol. The summed E-state index contributed by atoms with van der Waals surface area (Å²) in [6, 6.07) is 1.62. The summed E-state index contributed by atoms with van der Waals surface area (Å²) in [4.78, 5) is 15.8. The number of hydrogen-bond donors (Lipinski definition) is 2. The highest BCUT2D eigenvalue weighted by Crippen LogP contribution is 2.09. The van der Waals surface area contributed by atoms with Crippen molar-refractivity contribution in [1.29, 1.82) is 0 Å². The SMILES string of the molecule is CCCC(COC)NC(=O)c1cnccc1N. The van der Waals surface area contributed by atoms with Crippen LogP contribution in [-0.4, -0.2) is 30.6 Å². The molecule has 0 aliphatic carbocycles. The van der Waals surface area contributed by atoms with E-state index in [1.165, 1.54) is 6.20 Å². The zero-order chi connectivity index (χ0) is 12.7. The number of nitrogens with zero attached hydrogens (tertiary/aromatic N) is 1. The third kappa shape index (κ3) is 4.03. The number of pyridine rings is 1. The van der Waals surface area contributed by atoms with Crippen molar-refractivity contribution >= 4 is 11.6 Å². The van der Waals surface area contributed by atoms with E-state index in [1.54, 1.807) is 19.4 Å². The number of anilines is 1. The van der Waals surface area contributed by atoms with E-state index in [0.717, 1.165) is 12.8 Å². The molecule has 0 aliphatic rings. The monoisotopic (exact) mass is 237 g/mol. The van der Waals surface area contributed by atoms with Gasteiger partial charge in [-0.1, -0.05) is 13.3 Å². The number of methoxy groups -OCH3 is 1. The Hall–Kier alpha value is -1.62. The second kappa shape index (κ2) is 6.85. The summed E-state index contributed by atoms with van der Waals surface area (Å²) in [6.07, 6.45) is 4.89. The molecule has 1 heterocycles. The van der Waals surface area contributed by atoms with Gasteiger partial charge in [0.1, 0.15) is 0 Å². The van der Waals surface area contributed by atoms with Crippen LogP contribution in [0.4, 0.5) is 5.69 Å². The molecule has 0 saturated heterocycles. The van der Waals surface area contributed by atoms with Gasteiger partial charge in [0.15, 0.2) is 0 Å². The fourth-order valence-electron chi connectivity index (χ4n) is 1.60. The molecule has 0 spiro atoms. The zero-order valence-corrected chi connectivity index (χ0v) is 10.3. The molecular weight excluding hydrogens is 218 g/mol. The van der Waals surface area contributed by atoms with Gasteiger partial charge in [0.05, 0.1) is 18.2 Å². The van der Waals surface area contributed by atoms with Gasteiger partial charge in [0, 0.05) is 25.2 Å². The van der Waals surface area contributed by atoms with Crippen molar-refractivity contribution in [2.75, 3.05) is 19.5 Å². The highest BCUT2D eigenvalue weighted by atomic mass is 16.5. The van der Waals surface area contributed by atoms with Crippen LogP contribution in [0.25, 0.3) is 0 Å². The summed E-state index contributed by atoms with van der Waals surface area (Å²) >= 11 is 0. The molecule has 1 aromatic rings. The smallest absolute Gasteiger partial charge is 0.255 e. The summed E-state index contributed by atoms with van der Waals surface area (Å²) in [5, 5.41) is 2.89. The first-order chi connectivity index (χ1) is 8.19. The molecular formula is C12H19N3O2. The summed E-state index contributed by atoms with van der Waals surface area (Å²) in [5.74, 6) is -0.203. The summed E-state index contributed by atoms with van der Waals surface area (Å²) < 4.78 is 5.06. The van der Waals surface area contributed by atoms with E-state index in [9.17, 15) is 4.79 Å². The molecule has 1 atom stereocenters. The molecule has 1 amide bonds. The lowest BCUT2D eigenvalue weighted by Crippen LogP contribution is -2.38. The van der Waals surface area contributed by atoms with Crippen LogP contribution in [0.2, 0.25) is 0 Å². The zero-order valence-electron chi connectivity index (χ0n) is 10.3. The Morgan fingerprint density at radius 3 is 3.00 bits per heavy atom. The number of hydrogen-bond acceptors (Lipinski definition) is 4. The molecule has 0 aromatic carbocycles. The fraction of sp³-hybridized carbons (Fsp3) is 0.500. The molecule has 5 heteroatoms. The van der Waals surface area contributed by atoms with Crippen molar-refractivity contribution in [1.82, 2.24) is 10.3 Å². The Balaban J connectivity index is 2.67. The lowest BCUT2D eigenvalue weighted by molar-refractivity contribution is 0.0892. The molecule has 3 N–H and O–H groups in total. The molecule has 0 radical (unpaired) electrons. The van der Waals surface area contributed by atoms with Gasteiger partial charge in [-0.05, 0) is 12.5 Å². The van der Waals surface area contributed by atoms with E-state index in [-0.39, 0.29) is 11.9 Å². The van der Waals surface area contributed by atoms with Crippen LogP contribution < -0.4 is 11.1 Å². The topological polar surface area (TPSA) is 77.2 Å². The van der Waals surface area contributed by atoms with E-state index in [2.05, 4.69) is 17.2 Å². The summed E-state index contributed by atoms with van der Waals surface area (Å²) in [6.45, 7) is 2.56. The standard InChI is InChI=1S/C12H19N3O2/c1-3-4-9(8-17-2)15-12(16)10-7-14-6-5-11(10)13/h5-7,9H,3-4,8H2,1-2H3,(H2,13,14)(H,15,16). The van der Waals surface area contributed by atoms with Crippen LogP contribution in [-0.2, 0) is 4.74 Å². The molecule has 0 fully saturated rings. The van der Waals surface area contributed by atoms with Gasteiger partial charge in [0.25, 0.3) is 5.91 Å². The Kier molecular flexibility index (Phi) is 5.42. The first-order valence-electron chi connectivity index (χ1n) is 5.68. The number of carbonyl (C=O) groups excluding carboxylic acids is 1. The van der Waals surface area contributed by atoms with Crippen molar-refractivity contribution in [3.8, 4) is 0 Å². The first-order valence-corrected chi connectivity index (χ1v) is 5.68. The van der Waals surface area contributed by atoms with Crippen LogP contribution >= 0.6 is 0 Å². The van der Waals surface area contributed by atoms with Gasteiger partial charge in [-0.15, -0.1) is 0 Å². The van der Waals surface area contributed by atoms with Crippen molar-refractivity contribution in [2.24, 2.45) is 0 Å². The van der Waals surface area contributed by atoms with Gasteiger partial charge in [-0.2, -0.15) is 0 Å². The van der Waals surface area contributed by atoms with E-state index in [0.29, 0.717) is 17.9 Å². The molecule has 5 nitrogen and oxygen atoms in total. The molecule has 1 aromatic heterocycles. The molecule has 1 rings (SSSR count). The Labute approximate surface area is 101 Å². The maximum atomic E-state index is 11.9. The van der Waals surface area contributed by atoms with Crippen LogP contribution in [0.15, 0.2) is 18.5 Å². The first kappa shape index (κ1) is 13.4. The molecule has 0 saturated carbocycles. The number of nitrogens with two attached hydrogens (primary N) is 1. The number of amides is 1. The molecule has 0 bridgehead atoms. The number of aromatic nitrogens is 1. The van der Waals surface area contributed by atoms with Gasteiger partial charge in [-0.3, -0.25) is 9.78 Å². The van der Waals surface area contributed by atoms with Crippen LogP contribution in [0.5, 0.6) is 0 Å². The normalized spacial score (nSPS) is 12.1. The minimum Gasteiger partial charge on any atom is -0.398 e. The maximum Gasteiger partial charge on any atom is 0.255 e.